The second kappa shape index (κ2) is 8.25. The summed E-state index contributed by atoms with van der Waals surface area (Å²) < 4.78 is 0. The van der Waals surface area contributed by atoms with E-state index in [0.717, 1.165) is 12.0 Å². The molecule has 86 valence electrons. The monoisotopic (exact) mass is 200 g/mol. The van der Waals surface area contributed by atoms with Gasteiger partial charge in [-0.15, -0.1) is 0 Å². The Kier molecular flexibility index (Phi) is 8.20. The van der Waals surface area contributed by atoms with Gasteiger partial charge in [0.2, 0.25) is 0 Å². The van der Waals surface area contributed by atoms with Crippen LogP contribution in [-0.2, 0) is 0 Å². The second-order valence-electron chi connectivity index (χ2n) is 3.66. The lowest BCUT2D eigenvalue weighted by molar-refractivity contribution is 0.195. The van der Waals surface area contributed by atoms with E-state index in [4.69, 9.17) is 0 Å². The molecule has 14 heavy (non-hydrogen) atoms. The van der Waals surface area contributed by atoms with Crippen molar-refractivity contribution >= 4 is 0 Å². The first kappa shape index (κ1) is 13.9. The number of fused-ring (bicyclic) bond motifs is 1. The van der Waals surface area contributed by atoms with Crippen molar-refractivity contribution < 1.29 is 0 Å². The van der Waals surface area contributed by atoms with E-state index in [-0.39, 0.29) is 0 Å². The van der Waals surface area contributed by atoms with Gasteiger partial charge in [0.05, 0.1) is 0 Å². The zero-order valence-electron chi connectivity index (χ0n) is 10.6. The molecule has 2 unspecified atom stereocenters. The van der Waals surface area contributed by atoms with Crippen LogP contribution in [0, 0.1) is 5.92 Å². The summed E-state index contributed by atoms with van der Waals surface area (Å²) in [6.45, 7) is 11.9. The van der Waals surface area contributed by atoms with E-state index < -0.39 is 0 Å². The van der Waals surface area contributed by atoms with Gasteiger partial charge in [0, 0.05) is 12.6 Å². The van der Waals surface area contributed by atoms with Gasteiger partial charge in [-0.05, 0) is 38.9 Å². The molecule has 2 atom stereocenters. The Bertz CT molecular complexity index is 125. The maximum atomic E-state index is 3.55. The predicted molar refractivity (Wildman–Crippen MR) is 64.7 cm³/mol. The number of nitrogens with one attached hydrogen (secondary N) is 1. The smallest absolute Gasteiger partial charge is 0.0120 e. The fourth-order valence-corrected chi connectivity index (χ4v) is 2.23. The molecule has 2 heterocycles. The molecular formula is C12H28N2. The van der Waals surface area contributed by atoms with Crippen molar-refractivity contribution in [1.82, 2.24) is 10.2 Å². The minimum absolute atomic E-state index is 0.858. The molecule has 2 saturated heterocycles. The highest BCUT2D eigenvalue weighted by Crippen LogP contribution is 2.23. The first-order valence-electron chi connectivity index (χ1n) is 6.28. The van der Waals surface area contributed by atoms with Crippen LogP contribution in [0.5, 0.6) is 0 Å². The van der Waals surface area contributed by atoms with Crippen molar-refractivity contribution in [2.24, 2.45) is 5.92 Å². The molecular weight excluding hydrogens is 172 g/mol. The highest BCUT2D eigenvalue weighted by atomic mass is 15.1. The summed E-state index contributed by atoms with van der Waals surface area (Å²) in [5.41, 5.74) is 0. The van der Waals surface area contributed by atoms with E-state index in [1.807, 2.05) is 27.7 Å². The molecule has 2 nitrogen and oxygen atoms in total. The molecule has 0 aromatic heterocycles. The minimum atomic E-state index is 0.858. The maximum Gasteiger partial charge on any atom is 0.0120 e. The topological polar surface area (TPSA) is 15.3 Å². The number of hydrogen-bond acceptors (Lipinski definition) is 2. The van der Waals surface area contributed by atoms with Crippen molar-refractivity contribution in [3.63, 3.8) is 0 Å². The minimum Gasteiger partial charge on any atom is -0.314 e. The van der Waals surface area contributed by atoms with Crippen LogP contribution >= 0.6 is 0 Å². The van der Waals surface area contributed by atoms with Gasteiger partial charge in [0.15, 0.2) is 0 Å². The van der Waals surface area contributed by atoms with Gasteiger partial charge in [-0.25, -0.2) is 0 Å². The van der Waals surface area contributed by atoms with E-state index in [2.05, 4.69) is 17.3 Å². The zero-order valence-corrected chi connectivity index (χ0v) is 10.6. The number of likely N-dealkylation sites (tertiary alicyclic amines) is 1. The Labute approximate surface area is 90.1 Å². The predicted octanol–water partition coefficient (Wildman–Crippen LogP) is 2.35. The van der Waals surface area contributed by atoms with E-state index >= 15 is 0 Å². The Hall–Kier alpha value is -0.0800. The van der Waals surface area contributed by atoms with Gasteiger partial charge < -0.3 is 10.2 Å². The quantitative estimate of drug-likeness (QED) is 0.646. The summed E-state index contributed by atoms with van der Waals surface area (Å²) in [5, 5.41) is 3.55. The molecule has 0 radical (unpaired) electrons. The lowest BCUT2D eigenvalue weighted by Crippen LogP contribution is -2.42. The van der Waals surface area contributed by atoms with Gasteiger partial charge in [0.1, 0.15) is 0 Å². The van der Waals surface area contributed by atoms with Crippen LogP contribution in [-0.4, -0.2) is 37.6 Å². The Morgan fingerprint density at radius 2 is 1.71 bits per heavy atom. The molecule has 0 aromatic carbocycles. The first-order chi connectivity index (χ1) is 6.86. The van der Waals surface area contributed by atoms with Crippen LogP contribution in [0.15, 0.2) is 0 Å². The van der Waals surface area contributed by atoms with Crippen molar-refractivity contribution in [1.29, 1.82) is 0 Å². The second-order valence-corrected chi connectivity index (χ2v) is 3.66. The number of nitrogens with zero attached hydrogens (tertiary/aromatic N) is 1. The standard InChI is InChI=1S/C8H16N2.2C2H6/c1-10-5-3-8-7(6-10)2-4-9-8;2*1-2/h7-9H,2-6H2,1H3;2*1-2H3. The Morgan fingerprint density at radius 3 is 2.36 bits per heavy atom. The number of rotatable bonds is 0. The van der Waals surface area contributed by atoms with E-state index in [1.54, 1.807) is 0 Å². The third-order valence-corrected chi connectivity index (χ3v) is 2.86. The van der Waals surface area contributed by atoms with Crippen LogP contribution in [0.4, 0.5) is 0 Å². The Morgan fingerprint density at radius 1 is 1.07 bits per heavy atom. The molecule has 2 heteroatoms. The molecule has 2 aliphatic heterocycles. The van der Waals surface area contributed by atoms with Gasteiger partial charge in [0.25, 0.3) is 0 Å². The van der Waals surface area contributed by atoms with E-state index in [9.17, 15) is 0 Å². The van der Waals surface area contributed by atoms with Crippen molar-refractivity contribution in [2.45, 2.75) is 46.6 Å². The molecule has 2 fully saturated rings. The third-order valence-electron chi connectivity index (χ3n) is 2.86. The van der Waals surface area contributed by atoms with Crippen molar-refractivity contribution in [2.75, 3.05) is 26.7 Å². The fraction of sp³-hybridized carbons (Fsp3) is 1.00. The largest absolute Gasteiger partial charge is 0.314 e. The normalized spacial score (nSPS) is 30.6. The summed E-state index contributed by atoms with van der Waals surface area (Å²) >= 11 is 0. The summed E-state index contributed by atoms with van der Waals surface area (Å²) in [4.78, 5) is 2.45. The Balaban J connectivity index is 0.000000379. The highest BCUT2D eigenvalue weighted by Gasteiger charge is 2.30. The molecule has 2 aliphatic rings. The summed E-state index contributed by atoms with van der Waals surface area (Å²) in [7, 11) is 2.23. The first-order valence-corrected chi connectivity index (χ1v) is 6.28. The number of hydrogen-bond donors (Lipinski definition) is 1. The van der Waals surface area contributed by atoms with Crippen molar-refractivity contribution in [3.05, 3.63) is 0 Å². The van der Waals surface area contributed by atoms with Gasteiger partial charge in [-0.2, -0.15) is 0 Å². The molecule has 0 spiro atoms. The van der Waals surface area contributed by atoms with Crippen LogP contribution in [0.3, 0.4) is 0 Å². The summed E-state index contributed by atoms with van der Waals surface area (Å²) in [5.74, 6) is 0.957. The average molecular weight is 200 g/mol. The van der Waals surface area contributed by atoms with Gasteiger partial charge in [-0.3, -0.25) is 0 Å². The van der Waals surface area contributed by atoms with E-state index in [1.165, 1.54) is 32.5 Å². The van der Waals surface area contributed by atoms with E-state index in [0.29, 0.717) is 0 Å². The molecule has 0 aromatic rings. The fourth-order valence-electron chi connectivity index (χ4n) is 2.23. The lowest BCUT2D eigenvalue weighted by atomic mass is 9.94. The molecule has 0 saturated carbocycles. The van der Waals surface area contributed by atoms with Crippen LogP contribution < -0.4 is 5.32 Å². The van der Waals surface area contributed by atoms with Gasteiger partial charge in [-0.1, -0.05) is 27.7 Å². The SMILES string of the molecule is CC.CC.CN1CCC2NCCC2C1. The molecule has 0 aliphatic carbocycles. The van der Waals surface area contributed by atoms with Crippen LogP contribution in [0.1, 0.15) is 40.5 Å². The van der Waals surface area contributed by atoms with Crippen molar-refractivity contribution in [3.8, 4) is 0 Å². The molecule has 1 N–H and O–H groups in total. The molecule has 0 amide bonds. The van der Waals surface area contributed by atoms with Gasteiger partial charge >= 0.3 is 0 Å². The lowest BCUT2D eigenvalue weighted by Gasteiger charge is -2.31. The molecule has 0 bridgehead atoms. The highest BCUT2D eigenvalue weighted by molar-refractivity contribution is 4.89. The summed E-state index contributed by atoms with van der Waals surface area (Å²) in [6.07, 6.45) is 2.76. The van der Waals surface area contributed by atoms with Crippen LogP contribution in [0.25, 0.3) is 0 Å². The maximum absolute atomic E-state index is 3.55. The summed E-state index contributed by atoms with van der Waals surface area (Å²) in [6, 6.07) is 0.858. The number of piperidine rings is 1. The average Bonchev–Trinajstić information content (AvgIpc) is 2.71. The third kappa shape index (κ3) is 3.97. The zero-order chi connectivity index (χ0) is 11.0. The molecule has 2 rings (SSSR count). The van der Waals surface area contributed by atoms with Crippen LogP contribution in [0.2, 0.25) is 0 Å².